The van der Waals surface area contributed by atoms with Gasteiger partial charge < -0.3 is 10.1 Å². The number of rotatable bonds is 6. The molecule has 1 rings (SSSR count). The van der Waals surface area contributed by atoms with Crippen LogP contribution in [0.15, 0.2) is 6.07 Å². The van der Waals surface area contributed by atoms with Crippen molar-refractivity contribution in [1.29, 1.82) is 0 Å². The zero-order valence-electron chi connectivity index (χ0n) is 11.4. The topological polar surface area (TPSA) is 47.0 Å². The summed E-state index contributed by atoms with van der Waals surface area (Å²) in [5, 5.41) is 3.38. The molecule has 0 aliphatic rings. The zero-order valence-corrected chi connectivity index (χ0v) is 11.4. The zero-order chi connectivity index (χ0) is 12.8. The third kappa shape index (κ3) is 5.02. The number of methoxy groups -OCH3 is 1. The molecule has 96 valence electrons. The van der Waals surface area contributed by atoms with Gasteiger partial charge in [-0.1, -0.05) is 13.8 Å². The van der Waals surface area contributed by atoms with Gasteiger partial charge in [0, 0.05) is 12.1 Å². The Kier molecular flexibility index (Phi) is 5.19. The molecule has 1 unspecified atom stereocenters. The third-order valence-electron chi connectivity index (χ3n) is 2.59. The molecule has 0 saturated heterocycles. The molecule has 0 amide bonds. The maximum Gasteiger partial charge on any atom is 0.218 e. The van der Waals surface area contributed by atoms with Crippen molar-refractivity contribution >= 4 is 5.82 Å². The summed E-state index contributed by atoms with van der Waals surface area (Å²) in [5.74, 6) is 2.91. The molecule has 0 bridgehead atoms. The molecule has 0 fully saturated rings. The van der Waals surface area contributed by atoms with E-state index in [0.717, 1.165) is 24.0 Å². The van der Waals surface area contributed by atoms with E-state index in [2.05, 4.69) is 36.1 Å². The Bertz CT molecular complexity index is 353. The average Bonchev–Trinajstić information content (AvgIpc) is 2.25. The summed E-state index contributed by atoms with van der Waals surface area (Å²) in [6, 6.07) is 2.25. The van der Waals surface area contributed by atoms with Crippen LogP contribution in [-0.4, -0.2) is 23.1 Å². The molecule has 4 nitrogen and oxygen atoms in total. The minimum Gasteiger partial charge on any atom is -0.481 e. The first-order valence-corrected chi connectivity index (χ1v) is 6.17. The van der Waals surface area contributed by atoms with Crippen LogP contribution in [0.3, 0.4) is 0 Å². The van der Waals surface area contributed by atoms with E-state index >= 15 is 0 Å². The fourth-order valence-corrected chi connectivity index (χ4v) is 1.63. The van der Waals surface area contributed by atoms with Crippen molar-refractivity contribution in [2.75, 3.05) is 12.4 Å². The summed E-state index contributed by atoms with van der Waals surface area (Å²) in [7, 11) is 1.62. The Hall–Kier alpha value is -1.32. The van der Waals surface area contributed by atoms with Gasteiger partial charge in [0.1, 0.15) is 11.6 Å². The van der Waals surface area contributed by atoms with Crippen LogP contribution >= 0.6 is 0 Å². The van der Waals surface area contributed by atoms with E-state index in [1.165, 1.54) is 6.42 Å². The van der Waals surface area contributed by atoms with Crippen LogP contribution in [0.2, 0.25) is 0 Å². The number of anilines is 1. The van der Waals surface area contributed by atoms with E-state index in [1.54, 1.807) is 7.11 Å². The summed E-state index contributed by atoms with van der Waals surface area (Å²) >= 11 is 0. The molecule has 1 atom stereocenters. The van der Waals surface area contributed by atoms with Crippen LogP contribution in [0, 0.1) is 12.8 Å². The van der Waals surface area contributed by atoms with Gasteiger partial charge >= 0.3 is 0 Å². The lowest BCUT2D eigenvalue weighted by molar-refractivity contribution is 0.395. The van der Waals surface area contributed by atoms with Gasteiger partial charge in [0.05, 0.1) is 7.11 Å². The van der Waals surface area contributed by atoms with E-state index in [9.17, 15) is 0 Å². The Morgan fingerprint density at radius 1 is 1.24 bits per heavy atom. The van der Waals surface area contributed by atoms with Crippen molar-refractivity contribution in [3.63, 3.8) is 0 Å². The maximum absolute atomic E-state index is 5.12. The first-order chi connectivity index (χ1) is 8.01. The second-order valence-corrected chi connectivity index (χ2v) is 4.86. The molecule has 0 aliphatic carbocycles. The standard InChI is InChI=1S/C13H23N3O/c1-9(2)6-7-10(3)14-12-8-13(17-5)16-11(4)15-12/h8-10H,6-7H2,1-5H3,(H,14,15,16). The normalized spacial score (nSPS) is 12.6. The van der Waals surface area contributed by atoms with Crippen LogP contribution in [0.25, 0.3) is 0 Å². The van der Waals surface area contributed by atoms with Gasteiger partial charge in [-0.25, -0.2) is 4.98 Å². The predicted molar refractivity (Wildman–Crippen MR) is 70.5 cm³/mol. The van der Waals surface area contributed by atoms with E-state index < -0.39 is 0 Å². The number of aryl methyl sites for hydroxylation is 1. The van der Waals surface area contributed by atoms with Crippen molar-refractivity contribution in [2.24, 2.45) is 5.92 Å². The summed E-state index contributed by atoms with van der Waals surface area (Å²) in [5.41, 5.74) is 0. The Morgan fingerprint density at radius 2 is 1.94 bits per heavy atom. The van der Waals surface area contributed by atoms with Gasteiger partial charge in [-0.2, -0.15) is 4.98 Å². The molecule has 17 heavy (non-hydrogen) atoms. The van der Waals surface area contributed by atoms with Gasteiger partial charge in [0.15, 0.2) is 0 Å². The summed E-state index contributed by atoms with van der Waals surface area (Å²) in [4.78, 5) is 8.51. The van der Waals surface area contributed by atoms with E-state index in [4.69, 9.17) is 4.74 Å². The smallest absolute Gasteiger partial charge is 0.218 e. The lowest BCUT2D eigenvalue weighted by Crippen LogP contribution is -2.17. The van der Waals surface area contributed by atoms with Crippen molar-refractivity contribution in [1.82, 2.24) is 9.97 Å². The molecular formula is C13H23N3O. The first kappa shape index (κ1) is 13.7. The Balaban J connectivity index is 2.58. The number of nitrogens with zero attached hydrogens (tertiary/aromatic N) is 2. The predicted octanol–water partition coefficient (Wildman–Crippen LogP) is 3.03. The minimum absolute atomic E-state index is 0.413. The number of hydrogen-bond acceptors (Lipinski definition) is 4. The molecule has 0 radical (unpaired) electrons. The number of nitrogens with one attached hydrogen (secondary N) is 1. The second kappa shape index (κ2) is 6.42. The van der Waals surface area contributed by atoms with E-state index in [1.807, 2.05) is 13.0 Å². The number of ether oxygens (including phenoxy) is 1. The monoisotopic (exact) mass is 237 g/mol. The highest BCUT2D eigenvalue weighted by Gasteiger charge is 2.07. The van der Waals surface area contributed by atoms with Crippen molar-refractivity contribution in [3.05, 3.63) is 11.9 Å². The van der Waals surface area contributed by atoms with Gasteiger partial charge in [0.2, 0.25) is 5.88 Å². The molecule has 0 aliphatic heterocycles. The van der Waals surface area contributed by atoms with Crippen LogP contribution in [0.4, 0.5) is 5.82 Å². The number of aromatic nitrogens is 2. The lowest BCUT2D eigenvalue weighted by atomic mass is 10.0. The van der Waals surface area contributed by atoms with Gasteiger partial charge in [-0.05, 0) is 32.6 Å². The molecular weight excluding hydrogens is 214 g/mol. The molecule has 1 aromatic heterocycles. The largest absolute Gasteiger partial charge is 0.481 e. The third-order valence-corrected chi connectivity index (χ3v) is 2.59. The van der Waals surface area contributed by atoms with Crippen molar-refractivity contribution in [3.8, 4) is 5.88 Å². The molecule has 1 N–H and O–H groups in total. The highest BCUT2D eigenvalue weighted by atomic mass is 16.5. The Labute approximate surface area is 104 Å². The van der Waals surface area contributed by atoms with Crippen molar-refractivity contribution < 1.29 is 4.74 Å². The quantitative estimate of drug-likeness (QED) is 0.826. The average molecular weight is 237 g/mol. The molecule has 4 heteroatoms. The van der Waals surface area contributed by atoms with Crippen LogP contribution in [0.1, 0.15) is 39.4 Å². The van der Waals surface area contributed by atoms with E-state index in [0.29, 0.717) is 11.9 Å². The molecule has 1 aromatic rings. The molecule has 0 saturated carbocycles. The summed E-state index contributed by atoms with van der Waals surface area (Å²) in [6.07, 6.45) is 2.36. The van der Waals surface area contributed by atoms with Gasteiger partial charge in [-0.3, -0.25) is 0 Å². The SMILES string of the molecule is COc1cc(NC(C)CCC(C)C)nc(C)n1. The number of hydrogen-bond donors (Lipinski definition) is 1. The fourth-order valence-electron chi connectivity index (χ4n) is 1.63. The van der Waals surface area contributed by atoms with Crippen LogP contribution in [-0.2, 0) is 0 Å². The van der Waals surface area contributed by atoms with Crippen LogP contribution in [0.5, 0.6) is 5.88 Å². The molecule has 1 heterocycles. The van der Waals surface area contributed by atoms with E-state index in [-0.39, 0.29) is 0 Å². The second-order valence-electron chi connectivity index (χ2n) is 4.86. The summed E-state index contributed by atoms with van der Waals surface area (Å²) in [6.45, 7) is 8.52. The lowest BCUT2D eigenvalue weighted by Gasteiger charge is -2.16. The first-order valence-electron chi connectivity index (χ1n) is 6.17. The summed E-state index contributed by atoms with van der Waals surface area (Å²) < 4.78 is 5.12. The fraction of sp³-hybridized carbons (Fsp3) is 0.692. The van der Waals surface area contributed by atoms with Crippen LogP contribution < -0.4 is 10.1 Å². The highest BCUT2D eigenvalue weighted by Crippen LogP contribution is 2.15. The van der Waals surface area contributed by atoms with Gasteiger partial charge in [0.25, 0.3) is 0 Å². The van der Waals surface area contributed by atoms with Crippen molar-refractivity contribution in [2.45, 2.75) is 46.6 Å². The Morgan fingerprint density at radius 3 is 2.53 bits per heavy atom. The highest BCUT2D eigenvalue weighted by molar-refractivity contribution is 5.39. The molecule has 0 spiro atoms. The molecule has 0 aromatic carbocycles. The maximum atomic E-state index is 5.12. The minimum atomic E-state index is 0.413. The van der Waals surface area contributed by atoms with Gasteiger partial charge in [-0.15, -0.1) is 0 Å².